The maximum Gasteiger partial charge on any atom is 0 e. The molecule has 0 spiro atoms. The highest BCUT2D eigenvalue weighted by atomic mass is 14.6. The zero-order chi connectivity index (χ0) is 3.58. The molecule has 0 bridgehead atoms. The number of hydrogen-bond acceptors (Lipinski definition) is 1. The van der Waals surface area contributed by atoms with Crippen LogP contribution in [0.1, 0.15) is 15.3 Å². The van der Waals surface area contributed by atoms with Crippen LogP contribution in [0.25, 0.3) is 0 Å². The van der Waals surface area contributed by atoms with Gasteiger partial charge in [0, 0.05) is 1.43 Å². The van der Waals surface area contributed by atoms with Crippen LogP contribution in [-0.4, -0.2) is 6.04 Å². The zero-order valence-corrected chi connectivity index (χ0v) is 3.15. The smallest absolute Gasteiger partial charge is 0 e. The maximum absolute atomic E-state index is 5.11. The molecule has 0 aliphatic carbocycles. The lowest BCUT2D eigenvalue weighted by molar-refractivity contribution is 0.834. The average Bonchev–Trinajstić information content (AvgIpc) is 0.811. The first-order chi connectivity index (χ1) is 1.73. The summed E-state index contributed by atoms with van der Waals surface area (Å²) in [7, 11) is 0. The second-order valence-corrected chi connectivity index (χ2v) is 1.24. The molecule has 0 unspecified atom stereocenters. The SMILES string of the molecule is CC(C)N.[HH]. The van der Waals surface area contributed by atoms with Gasteiger partial charge in [-0.2, -0.15) is 0 Å². The molecule has 0 aromatic heterocycles. The lowest BCUT2D eigenvalue weighted by atomic mass is 10.5. The third kappa shape index (κ3) is 1130. The largest absolute Gasteiger partial charge is 0.328 e. The Balaban J connectivity index is 0. The van der Waals surface area contributed by atoms with E-state index in [1.807, 2.05) is 13.8 Å². The van der Waals surface area contributed by atoms with Crippen molar-refractivity contribution in [3.63, 3.8) is 0 Å². The van der Waals surface area contributed by atoms with Crippen molar-refractivity contribution < 1.29 is 1.43 Å². The summed E-state index contributed by atoms with van der Waals surface area (Å²) in [6.07, 6.45) is 0. The standard InChI is InChI=1S/C3H9N.H2/c1-3(2)4;/h3H,4H2,1-2H3;1H. The van der Waals surface area contributed by atoms with Crippen molar-refractivity contribution in [1.82, 2.24) is 0 Å². The highest BCUT2D eigenvalue weighted by Gasteiger charge is 1.67. The number of hydrogen-bond donors (Lipinski definition) is 1. The van der Waals surface area contributed by atoms with Crippen LogP contribution in [0, 0.1) is 0 Å². The highest BCUT2D eigenvalue weighted by Crippen LogP contribution is 1.58. The molecule has 0 aliphatic heterocycles. The minimum absolute atomic E-state index is 0. The van der Waals surface area contributed by atoms with Crippen LogP contribution in [0.4, 0.5) is 0 Å². The van der Waals surface area contributed by atoms with Crippen LogP contribution in [0.3, 0.4) is 0 Å². The van der Waals surface area contributed by atoms with Gasteiger partial charge in [-0.05, 0) is 6.04 Å². The van der Waals surface area contributed by atoms with Gasteiger partial charge in [0.1, 0.15) is 0 Å². The second kappa shape index (κ2) is 1.30. The fourth-order valence-corrected chi connectivity index (χ4v) is 0. The van der Waals surface area contributed by atoms with Crippen molar-refractivity contribution in [2.45, 2.75) is 19.9 Å². The van der Waals surface area contributed by atoms with E-state index >= 15 is 0 Å². The minimum atomic E-state index is 0. The van der Waals surface area contributed by atoms with E-state index in [0.717, 1.165) is 0 Å². The van der Waals surface area contributed by atoms with E-state index in [1.165, 1.54) is 0 Å². The van der Waals surface area contributed by atoms with E-state index in [-0.39, 0.29) is 1.43 Å². The molecule has 0 saturated heterocycles. The molecule has 1 heteroatoms. The molecule has 0 radical (unpaired) electrons. The molecule has 4 heavy (non-hydrogen) atoms. The summed E-state index contributed by atoms with van der Waals surface area (Å²) >= 11 is 0. The summed E-state index contributed by atoms with van der Waals surface area (Å²) in [5.74, 6) is 0. The first-order valence-electron chi connectivity index (χ1n) is 1.49. The Morgan fingerprint density at radius 2 is 1.75 bits per heavy atom. The predicted molar refractivity (Wildman–Crippen MR) is 21.4 cm³/mol. The van der Waals surface area contributed by atoms with Crippen molar-refractivity contribution in [1.29, 1.82) is 0 Å². The van der Waals surface area contributed by atoms with Crippen LogP contribution < -0.4 is 5.73 Å². The minimum Gasteiger partial charge on any atom is -0.328 e. The van der Waals surface area contributed by atoms with Crippen LogP contribution in [-0.2, 0) is 0 Å². The van der Waals surface area contributed by atoms with Crippen molar-refractivity contribution in [2.24, 2.45) is 5.73 Å². The van der Waals surface area contributed by atoms with Gasteiger partial charge in [0.05, 0.1) is 0 Å². The summed E-state index contributed by atoms with van der Waals surface area (Å²) < 4.78 is 0. The topological polar surface area (TPSA) is 26.0 Å². The molecule has 1 nitrogen and oxygen atoms in total. The van der Waals surface area contributed by atoms with Crippen LogP contribution in [0.15, 0.2) is 0 Å². The van der Waals surface area contributed by atoms with Gasteiger partial charge in [-0.25, -0.2) is 0 Å². The number of nitrogens with two attached hydrogens (primary N) is 1. The third-order valence-electron chi connectivity index (χ3n) is 0. The normalized spacial score (nSPS) is 9.00. The second-order valence-electron chi connectivity index (χ2n) is 1.24. The van der Waals surface area contributed by atoms with Gasteiger partial charge in [0.25, 0.3) is 0 Å². The lowest BCUT2D eigenvalue weighted by Crippen LogP contribution is -2.06. The van der Waals surface area contributed by atoms with Crippen molar-refractivity contribution in [3.05, 3.63) is 0 Å². The van der Waals surface area contributed by atoms with Crippen molar-refractivity contribution >= 4 is 0 Å². The van der Waals surface area contributed by atoms with E-state index < -0.39 is 0 Å². The number of rotatable bonds is 0. The van der Waals surface area contributed by atoms with E-state index in [4.69, 9.17) is 5.73 Å². The molecule has 0 aromatic rings. The monoisotopic (exact) mass is 61.1 g/mol. The summed E-state index contributed by atoms with van der Waals surface area (Å²) in [5.41, 5.74) is 5.11. The molecular weight excluding hydrogens is 50.0 g/mol. The van der Waals surface area contributed by atoms with Gasteiger partial charge < -0.3 is 5.73 Å². The molecule has 0 aliphatic rings. The Hall–Kier alpha value is -0.0400. The van der Waals surface area contributed by atoms with Gasteiger partial charge in [0.15, 0.2) is 0 Å². The first-order valence-corrected chi connectivity index (χ1v) is 1.49. The maximum atomic E-state index is 5.11. The fourth-order valence-electron chi connectivity index (χ4n) is 0. The van der Waals surface area contributed by atoms with Crippen molar-refractivity contribution in [3.8, 4) is 0 Å². The molecule has 0 aromatic carbocycles. The van der Waals surface area contributed by atoms with Gasteiger partial charge in [-0.1, -0.05) is 13.8 Å². The molecule has 0 heterocycles. The van der Waals surface area contributed by atoms with Crippen LogP contribution in [0.5, 0.6) is 0 Å². The van der Waals surface area contributed by atoms with E-state index in [1.54, 1.807) is 0 Å². The molecule has 2 N–H and O–H groups in total. The molecule has 0 saturated carbocycles. The summed E-state index contributed by atoms with van der Waals surface area (Å²) in [6.45, 7) is 3.89. The quantitative estimate of drug-likeness (QED) is 0.436. The highest BCUT2D eigenvalue weighted by molar-refractivity contribution is 4.32. The molecule has 0 amide bonds. The molecular formula is C3H11N. The van der Waals surface area contributed by atoms with Gasteiger partial charge in [-0.3, -0.25) is 0 Å². The first kappa shape index (κ1) is 3.96. The molecule has 28 valence electrons. The van der Waals surface area contributed by atoms with E-state index in [0.29, 0.717) is 6.04 Å². The van der Waals surface area contributed by atoms with Crippen LogP contribution in [0.2, 0.25) is 0 Å². The lowest BCUT2D eigenvalue weighted by Gasteiger charge is -1.81. The molecule has 0 rings (SSSR count). The Labute approximate surface area is 28.3 Å². The summed E-state index contributed by atoms with van der Waals surface area (Å²) in [6, 6.07) is 0.333. The Morgan fingerprint density at radius 3 is 1.75 bits per heavy atom. The Kier molecular flexibility index (Phi) is 1.28. The van der Waals surface area contributed by atoms with Gasteiger partial charge in [0.2, 0.25) is 0 Å². The van der Waals surface area contributed by atoms with E-state index in [2.05, 4.69) is 0 Å². The van der Waals surface area contributed by atoms with Gasteiger partial charge >= 0.3 is 0 Å². The third-order valence-corrected chi connectivity index (χ3v) is 0. The molecule has 0 atom stereocenters. The Bertz CT molecular complexity index is 11.6. The van der Waals surface area contributed by atoms with Gasteiger partial charge in [-0.15, -0.1) is 0 Å². The van der Waals surface area contributed by atoms with Crippen LogP contribution >= 0.6 is 0 Å². The van der Waals surface area contributed by atoms with E-state index in [9.17, 15) is 0 Å². The summed E-state index contributed by atoms with van der Waals surface area (Å²) in [4.78, 5) is 0. The molecule has 0 fully saturated rings. The Morgan fingerprint density at radius 1 is 1.75 bits per heavy atom. The zero-order valence-electron chi connectivity index (χ0n) is 3.15. The van der Waals surface area contributed by atoms with Crippen molar-refractivity contribution in [2.75, 3.05) is 0 Å². The average molecular weight is 61.1 g/mol. The predicted octanol–water partition coefficient (Wildman–Crippen LogP) is 0.600. The fraction of sp³-hybridized carbons (Fsp3) is 1.00. The summed E-state index contributed by atoms with van der Waals surface area (Å²) in [5, 5.41) is 0.